The largest absolute Gasteiger partial charge is 0.396 e. The molecule has 24 nitrogen and oxygen atoms in total. The van der Waals surface area contributed by atoms with Gasteiger partial charge >= 0.3 is 0 Å². The van der Waals surface area contributed by atoms with Crippen molar-refractivity contribution in [2.45, 2.75) is 156 Å². The Balaban J connectivity index is 1.61. The number of methoxy groups -OCH3 is 13. The fraction of sp³-hybridized carbons (Fsp3) is 0.843. The SMILES string of the molecule is COCC1O[C@@H](O[C@H]2C(COC)OC(N(Cc3cccc(CN(C[C@@H](OC)[C@H](OC)C(OC4OC(CCO)[C@@H](OC)[C@@H](OC)C4OC)C(CCO)OC)C(C)=O)c3)C(C)=O)C(OC)C2OC)C(OC)C(OC)[C@@H]1OC. The second kappa shape index (κ2) is 33.1. The minimum atomic E-state index is -1.08. The standard InChI is InChI=1S/C51H88N2O22/c1-29(56)52(26-35(61-6)39(63-8)41(33(60-5)19-21-54)74-50-47(69-14)43(65-10)38(62-7)34(72-50)20-22-55)24-31-17-16-18-32(23-31)25-53(30(2)57)49-46(68-13)45(67-12)42(37(71-49)28-59-4)75-51-48(70-15)44(66-11)40(64-9)36(73-51)27-58-3/h16-18,23,33-51,54-55H,19-22,24-28H2,1-15H3/t33?,34?,35-,36?,37?,38-,39+,40-,41?,42+,43-,44?,45?,46?,47?,48?,49?,50?,51+/m1/s1. The number of rotatable bonds is 33. The number of carbonyl (C=O) groups is 2. The summed E-state index contributed by atoms with van der Waals surface area (Å²) in [4.78, 5) is 30.5. The number of ether oxygens (including phenoxy) is 18. The molecule has 75 heavy (non-hydrogen) atoms. The Kier molecular flexibility index (Phi) is 28.6. The molecular formula is C51H88N2O22. The molecule has 0 aliphatic carbocycles. The maximum Gasteiger partial charge on any atom is 0.221 e. The molecule has 1 aromatic rings. The van der Waals surface area contributed by atoms with Crippen LogP contribution < -0.4 is 0 Å². The summed E-state index contributed by atoms with van der Waals surface area (Å²) in [5.41, 5.74) is 1.47. The van der Waals surface area contributed by atoms with E-state index in [1.807, 2.05) is 24.3 Å². The Labute approximate surface area is 442 Å². The van der Waals surface area contributed by atoms with Gasteiger partial charge in [-0.2, -0.15) is 0 Å². The quantitative estimate of drug-likeness (QED) is 0.0976. The van der Waals surface area contributed by atoms with Gasteiger partial charge in [-0.15, -0.1) is 0 Å². The molecule has 0 saturated carbocycles. The van der Waals surface area contributed by atoms with Crippen LogP contribution in [0.3, 0.4) is 0 Å². The van der Waals surface area contributed by atoms with Gasteiger partial charge < -0.3 is 105 Å². The zero-order chi connectivity index (χ0) is 55.4. The predicted molar refractivity (Wildman–Crippen MR) is 265 cm³/mol. The second-order valence-electron chi connectivity index (χ2n) is 18.5. The molecule has 3 fully saturated rings. The number of aliphatic hydroxyl groups excluding tert-OH is 2. The predicted octanol–water partition coefficient (Wildman–Crippen LogP) is 0.551. The lowest BCUT2D eigenvalue weighted by Gasteiger charge is -2.51. The number of nitrogens with zero attached hydrogens (tertiary/aromatic N) is 2. The summed E-state index contributed by atoms with van der Waals surface area (Å²) in [6, 6.07) is 7.50. The molecule has 0 bridgehead atoms. The number of benzene rings is 1. The molecule has 0 spiro atoms. The van der Waals surface area contributed by atoms with Crippen LogP contribution in [0.4, 0.5) is 0 Å². The van der Waals surface area contributed by atoms with Gasteiger partial charge in [0.1, 0.15) is 85.5 Å². The van der Waals surface area contributed by atoms with Crippen LogP contribution in [0.5, 0.6) is 0 Å². The van der Waals surface area contributed by atoms with Crippen molar-refractivity contribution in [2.24, 2.45) is 0 Å². The van der Waals surface area contributed by atoms with Gasteiger partial charge in [-0.1, -0.05) is 24.3 Å². The first-order chi connectivity index (χ1) is 36.2. The highest BCUT2D eigenvalue weighted by Gasteiger charge is 2.55. The lowest BCUT2D eigenvalue weighted by atomic mass is 9.95. The summed E-state index contributed by atoms with van der Waals surface area (Å²) in [6.45, 7) is 2.93. The monoisotopic (exact) mass is 1080 g/mol. The van der Waals surface area contributed by atoms with E-state index in [1.165, 1.54) is 84.9 Å². The molecule has 0 aromatic heterocycles. The molecule has 2 amide bonds. The summed E-state index contributed by atoms with van der Waals surface area (Å²) < 4.78 is 110. The van der Waals surface area contributed by atoms with Crippen molar-refractivity contribution in [3.05, 3.63) is 35.4 Å². The van der Waals surface area contributed by atoms with Crippen LogP contribution in [-0.2, 0) is 108 Å². The number of hydrogen-bond donors (Lipinski definition) is 2. The highest BCUT2D eigenvalue weighted by molar-refractivity contribution is 5.74. The van der Waals surface area contributed by atoms with Crippen LogP contribution in [0.25, 0.3) is 0 Å². The first kappa shape index (κ1) is 64.9. The van der Waals surface area contributed by atoms with Gasteiger partial charge in [0, 0.05) is 139 Å². The summed E-state index contributed by atoms with van der Waals surface area (Å²) in [5, 5.41) is 20.1. The maximum absolute atomic E-state index is 13.8. The van der Waals surface area contributed by atoms with E-state index >= 15 is 0 Å². The molecule has 3 heterocycles. The fourth-order valence-electron chi connectivity index (χ4n) is 10.6. The lowest BCUT2D eigenvalue weighted by molar-refractivity contribution is -0.357. The number of aliphatic hydroxyl groups is 2. The minimum absolute atomic E-state index is 0.0273. The van der Waals surface area contributed by atoms with Crippen molar-refractivity contribution in [3.63, 3.8) is 0 Å². The normalized spacial score (nSPS) is 31.9. The summed E-state index contributed by atoms with van der Waals surface area (Å²) in [7, 11) is 19.8. The van der Waals surface area contributed by atoms with E-state index in [-0.39, 0.29) is 70.7 Å². The van der Waals surface area contributed by atoms with Crippen molar-refractivity contribution in [1.29, 1.82) is 0 Å². The number of carbonyl (C=O) groups excluding carboxylic acids is 2. The van der Waals surface area contributed by atoms with Gasteiger partial charge in [0.15, 0.2) is 18.8 Å². The highest BCUT2D eigenvalue weighted by Crippen LogP contribution is 2.36. The minimum Gasteiger partial charge on any atom is -0.396 e. The van der Waals surface area contributed by atoms with Crippen molar-refractivity contribution >= 4 is 11.8 Å². The molecule has 3 aliphatic heterocycles. The highest BCUT2D eigenvalue weighted by atomic mass is 16.8. The zero-order valence-electron chi connectivity index (χ0n) is 46.6. The topological polar surface area (TPSA) is 247 Å². The van der Waals surface area contributed by atoms with E-state index in [0.717, 1.165) is 11.1 Å². The Hall–Kier alpha value is -2.64. The van der Waals surface area contributed by atoms with Gasteiger partial charge in [0.2, 0.25) is 11.8 Å². The average molecular weight is 1080 g/mol. The third kappa shape index (κ3) is 16.2. The van der Waals surface area contributed by atoms with E-state index in [2.05, 4.69) is 0 Å². The number of hydrogen-bond acceptors (Lipinski definition) is 22. The van der Waals surface area contributed by atoms with E-state index in [4.69, 9.17) is 85.3 Å². The van der Waals surface area contributed by atoms with Crippen LogP contribution in [0.2, 0.25) is 0 Å². The van der Waals surface area contributed by atoms with Gasteiger partial charge in [-0.25, -0.2) is 0 Å². The van der Waals surface area contributed by atoms with E-state index in [9.17, 15) is 19.8 Å². The van der Waals surface area contributed by atoms with Crippen LogP contribution in [0, 0.1) is 0 Å². The summed E-state index contributed by atoms with van der Waals surface area (Å²) in [6.07, 6.45) is -14.7. The zero-order valence-corrected chi connectivity index (χ0v) is 46.6. The Bertz CT molecular complexity index is 1770. The van der Waals surface area contributed by atoms with Crippen LogP contribution >= 0.6 is 0 Å². The molecule has 2 N–H and O–H groups in total. The molecule has 4 rings (SSSR count). The van der Waals surface area contributed by atoms with Crippen LogP contribution in [0.15, 0.2) is 24.3 Å². The molecule has 3 saturated heterocycles. The maximum atomic E-state index is 13.8. The fourth-order valence-corrected chi connectivity index (χ4v) is 10.6. The molecule has 434 valence electrons. The third-order valence-electron chi connectivity index (χ3n) is 14.3. The van der Waals surface area contributed by atoms with Crippen LogP contribution in [0.1, 0.15) is 37.8 Å². The Morgan fingerprint density at radius 3 is 1.53 bits per heavy atom. The Morgan fingerprint density at radius 1 is 0.547 bits per heavy atom. The van der Waals surface area contributed by atoms with Gasteiger partial charge in [-0.3, -0.25) is 9.59 Å². The van der Waals surface area contributed by atoms with E-state index in [1.54, 1.807) is 31.1 Å². The van der Waals surface area contributed by atoms with Crippen molar-refractivity contribution < 1.29 is 105 Å². The molecule has 24 heteroatoms. The first-order valence-electron chi connectivity index (χ1n) is 25.1. The molecule has 3 aliphatic rings. The smallest absolute Gasteiger partial charge is 0.221 e. The van der Waals surface area contributed by atoms with Crippen molar-refractivity contribution in [1.82, 2.24) is 9.80 Å². The van der Waals surface area contributed by atoms with E-state index < -0.39 is 116 Å². The summed E-state index contributed by atoms with van der Waals surface area (Å²) >= 11 is 0. The summed E-state index contributed by atoms with van der Waals surface area (Å²) in [5.74, 6) is -0.578. The van der Waals surface area contributed by atoms with Gasteiger partial charge in [0.05, 0.1) is 25.4 Å². The first-order valence-corrected chi connectivity index (χ1v) is 25.1. The van der Waals surface area contributed by atoms with E-state index in [0.29, 0.717) is 0 Å². The molecular weight excluding hydrogens is 993 g/mol. The lowest BCUT2D eigenvalue weighted by Crippen LogP contribution is -2.68. The van der Waals surface area contributed by atoms with Crippen molar-refractivity contribution in [3.8, 4) is 0 Å². The molecule has 0 radical (unpaired) electrons. The second-order valence-corrected chi connectivity index (χ2v) is 18.5. The van der Waals surface area contributed by atoms with Gasteiger partial charge in [-0.05, 0) is 24.0 Å². The molecule has 19 atom stereocenters. The molecule has 1 aromatic carbocycles. The van der Waals surface area contributed by atoms with Gasteiger partial charge in [0.25, 0.3) is 0 Å². The van der Waals surface area contributed by atoms with Crippen LogP contribution in [-0.4, -0.2) is 274 Å². The number of amides is 2. The third-order valence-corrected chi connectivity index (χ3v) is 14.3. The molecule has 12 unspecified atom stereocenters. The van der Waals surface area contributed by atoms with Crippen molar-refractivity contribution in [2.75, 3.05) is 125 Å². The Morgan fingerprint density at radius 2 is 1.05 bits per heavy atom. The average Bonchev–Trinajstić information content (AvgIpc) is 3.40.